The van der Waals surface area contributed by atoms with Crippen LogP contribution in [0.5, 0.6) is 0 Å². The molecule has 3 nitrogen and oxygen atoms in total. The Morgan fingerprint density at radius 3 is 2.74 bits per heavy atom. The Morgan fingerprint density at radius 1 is 1.26 bits per heavy atom. The summed E-state index contributed by atoms with van der Waals surface area (Å²) < 4.78 is 13.0. The predicted octanol–water partition coefficient (Wildman–Crippen LogP) is 2.92. The van der Waals surface area contributed by atoms with Gasteiger partial charge in [0.2, 0.25) is 0 Å². The van der Waals surface area contributed by atoms with Crippen molar-refractivity contribution in [2.75, 3.05) is 17.7 Å². The van der Waals surface area contributed by atoms with Crippen molar-refractivity contribution in [2.24, 2.45) is 0 Å². The first-order chi connectivity index (χ1) is 9.10. The van der Waals surface area contributed by atoms with E-state index in [1.165, 1.54) is 12.1 Å². The third kappa shape index (κ3) is 3.02. The van der Waals surface area contributed by atoms with Crippen molar-refractivity contribution in [3.63, 3.8) is 0 Å². The number of hydrogen-bond acceptors (Lipinski definition) is 3. The van der Waals surface area contributed by atoms with Gasteiger partial charge in [0.05, 0.1) is 23.0 Å². The first-order valence-electron chi connectivity index (χ1n) is 5.85. The van der Waals surface area contributed by atoms with Gasteiger partial charge in [-0.2, -0.15) is 5.26 Å². The standard InChI is InChI=1S/C15H14FN3/c1-19(15-6-5-13(16)8-14(15)18)10-12-4-2-3-11(7-12)9-17/h2-8H,10,18H2,1H3. The van der Waals surface area contributed by atoms with Crippen LogP contribution in [0.4, 0.5) is 15.8 Å². The van der Waals surface area contributed by atoms with Crippen LogP contribution in [0.1, 0.15) is 11.1 Å². The van der Waals surface area contributed by atoms with Gasteiger partial charge in [0, 0.05) is 13.6 Å². The Bertz CT molecular complexity index is 632. The molecule has 0 aromatic heterocycles. The van der Waals surface area contributed by atoms with Gasteiger partial charge in [0.15, 0.2) is 0 Å². The predicted molar refractivity (Wildman–Crippen MR) is 74.1 cm³/mol. The van der Waals surface area contributed by atoms with Crippen LogP contribution in [0.3, 0.4) is 0 Å². The molecule has 0 heterocycles. The minimum atomic E-state index is -0.346. The van der Waals surface area contributed by atoms with Crippen LogP contribution in [0, 0.1) is 17.1 Å². The number of halogens is 1. The van der Waals surface area contributed by atoms with E-state index in [2.05, 4.69) is 6.07 Å². The summed E-state index contributed by atoms with van der Waals surface area (Å²) in [6.45, 7) is 0.603. The highest BCUT2D eigenvalue weighted by Gasteiger charge is 2.07. The van der Waals surface area contributed by atoms with Crippen LogP contribution in [0.25, 0.3) is 0 Å². The topological polar surface area (TPSA) is 53.0 Å². The lowest BCUT2D eigenvalue weighted by Gasteiger charge is -2.21. The third-order valence-electron chi connectivity index (χ3n) is 2.88. The zero-order valence-corrected chi connectivity index (χ0v) is 10.6. The molecule has 0 aliphatic rings. The van der Waals surface area contributed by atoms with Crippen LogP contribution in [-0.4, -0.2) is 7.05 Å². The van der Waals surface area contributed by atoms with Gasteiger partial charge >= 0.3 is 0 Å². The largest absolute Gasteiger partial charge is 0.397 e. The fraction of sp³-hybridized carbons (Fsp3) is 0.133. The first-order valence-corrected chi connectivity index (χ1v) is 5.85. The highest BCUT2D eigenvalue weighted by Crippen LogP contribution is 2.24. The normalized spacial score (nSPS) is 9.95. The molecule has 2 N–H and O–H groups in total. The van der Waals surface area contributed by atoms with Crippen molar-refractivity contribution in [2.45, 2.75) is 6.54 Å². The fourth-order valence-corrected chi connectivity index (χ4v) is 1.97. The van der Waals surface area contributed by atoms with Gasteiger partial charge in [-0.1, -0.05) is 12.1 Å². The number of hydrogen-bond donors (Lipinski definition) is 1. The van der Waals surface area contributed by atoms with Crippen molar-refractivity contribution in [3.05, 3.63) is 59.4 Å². The molecule has 19 heavy (non-hydrogen) atoms. The molecule has 4 heteroatoms. The monoisotopic (exact) mass is 255 g/mol. The molecule has 2 aromatic rings. The molecule has 0 unspecified atom stereocenters. The van der Waals surface area contributed by atoms with Crippen LogP contribution in [0.15, 0.2) is 42.5 Å². The summed E-state index contributed by atoms with van der Waals surface area (Å²) in [5.41, 5.74) is 8.60. The maximum atomic E-state index is 13.0. The van der Waals surface area contributed by atoms with E-state index in [1.807, 2.05) is 30.1 Å². The molecule has 2 aromatic carbocycles. The molecule has 0 amide bonds. The van der Waals surface area contributed by atoms with Gasteiger partial charge in [-0.15, -0.1) is 0 Å². The molecule has 96 valence electrons. The van der Waals surface area contributed by atoms with Gasteiger partial charge in [0.1, 0.15) is 5.82 Å². The maximum Gasteiger partial charge on any atom is 0.125 e. The lowest BCUT2D eigenvalue weighted by atomic mass is 10.1. The average Bonchev–Trinajstić information content (AvgIpc) is 2.38. The summed E-state index contributed by atoms with van der Waals surface area (Å²) in [5.74, 6) is -0.346. The minimum absolute atomic E-state index is 0.346. The van der Waals surface area contributed by atoms with E-state index >= 15 is 0 Å². The molecule has 2 rings (SSSR count). The van der Waals surface area contributed by atoms with Gasteiger partial charge in [-0.3, -0.25) is 0 Å². The number of nitrogens with two attached hydrogens (primary N) is 1. The van der Waals surface area contributed by atoms with Gasteiger partial charge < -0.3 is 10.6 Å². The molecule has 0 fully saturated rings. The summed E-state index contributed by atoms with van der Waals surface area (Å²) in [6.07, 6.45) is 0. The quantitative estimate of drug-likeness (QED) is 0.858. The summed E-state index contributed by atoms with van der Waals surface area (Å²) in [5, 5.41) is 8.86. The van der Waals surface area contributed by atoms with Gasteiger partial charge in [0.25, 0.3) is 0 Å². The molecule has 0 atom stereocenters. The number of nitrogens with zero attached hydrogens (tertiary/aromatic N) is 2. The van der Waals surface area contributed by atoms with Crippen LogP contribution >= 0.6 is 0 Å². The number of nitrogen functional groups attached to an aromatic ring is 1. The van der Waals surface area contributed by atoms with Crippen molar-refractivity contribution in [1.82, 2.24) is 0 Å². The first kappa shape index (κ1) is 12.9. The number of benzene rings is 2. The van der Waals surface area contributed by atoms with Crippen molar-refractivity contribution >= 4 is 11.4 Å². The Labute approximate surface area is 111 Å². The lowest BCUT2D eigenvalue weighted by molar-refractivity contribution is 0.628. The zero-order valence-electron chi connectivity index (χ0n) is 10.6. The Balaban J connectivity index is 2.20. The summed E-state index contributed by atoms with van der Waals surface area (Å²) in [7, 11) is 1.88. The summed E-state index contributed by atoms with van der Waals surface area (Å²) in [6, 6.07) is 13.8. The van der Waals surface area contributed by atoms with E-state index in [4.69, 9.17) is 11.0 Å². The summed E-state index contributed by atoms with van der Waals surface area (Å²) >= 11 is 0. The second kappa shape index (κ2) is 5.40. The molecule has 0 bridgehead atoms. The molecule has 0 aliphatic carbocycles. The zero-order chi connectivity index (χ0) is 13.8. The fourth-order valence-electron chi connectivity index (χ4n) is 1.97. The Hall–Kier alpha value is -2.54. The van der Waals surface area contributed by atoms with Crippen LogP contribution < -0.4 is 10.6 Å². The van der Waals surface area contributed by atoms with E-state index in [1.54, 1.807) is 12.1 Å². The summed E-state index contributed by atoms with van der Waals surface area (Å²) in [4.78, 5) is 1.92. The highest BCUT2D eigenvalue weighted by molar-refractivity contribution is 5.67. The maximum absolute atomic E-state index is 13.0. The molecular weight excluding hydrogens is 241 g/mol. The Morgan fingerprint density at radius 2 is 2.05 bits per heavy atom. The minimum Gasteiger partial charge on any atom is -0.397 e. The highest BCUT2D eigenvalue weighted by atomic mass is 19.1. The van der Waals surface area contributed by atoms with Gasteiger partial charge in [-0.05, 0) is 35.9 Å². The smallest absolute Gasteiger partial charge is 0.125 e. The average molecular weight is 255 g/mol. The Kier molecular flexibility index (Phi) is 3.67. The number of rotatable bonds is 3. The van der Waals surface area contributed by atoms with E-state index in [0.29, 0.717) is 17.8 Å². The van der Waals surface area contributed by atoms with E-state index in [-0.39, 0.29) is 5.82 Å². The van der Waals surface area contributed by atoms with Crippen molar-refractivity contribution < 1.29 is 4.39 Å². The molecular formula is C15H14FN3. The van der Waals surface area contributed by atoms with Crippen LogP contribution in [0.2, 0.25) is 0 Å². The molecule has 0 saturated heterocycles. The molecule has 0 spiro atoms. The molecule has 0 aliphatic heterocycles. The molecule has 0 saturated carbocycles. The second-order valence-corrected chi connectivity index (χ2v) is 4.37. The van der Waals surface area contributed by atoms with E-state index < -0.39 is 0 Å². The second-order valence-electron chi connectivity index (χ2n) is 4.37. The van der Waals surface area contributed by atoms with E-state index in [0.717, 1.165) is 11.3 Å². The van der Waals surface area contributed by atoms with Crippen LogP contribution in [-0.2, 0) is 6.54 Å². The third-order valence-corrected chi connectivity index (χ3v) is 2.88. The lowest BCUT2D eigenvalue weighted by Crippen LogP contribution is -2.17. The molecule has 0 radical (unpaired) electrons. The number of anilines is 2. The number of nitriles is 1. The van der Waals surface area contributed by atoms with E-state index in [9.17, 15) is 4.39 Å². The van der Waals surface area contributed by atoms with Crippen molar-refractivity contribution in [1.29, 1.82) is 5.26 Å². The van der Waals surface area contributed by atoms with Crippen molar-refractivity contribution in [3.8, 4) is 6.07 Å². The van der Waals surface area contributed by atoms with Gasteiger partial charge in [-0.25, -0.2) is 4.39 Å². The SMILES string of the molecule is CN(Cc1cccc(C#N)c1)c1ccc(F)cc1N.